The zero-order chi connectivity index (χ0) is 15.9. The van der Waals surface area contributed by atoms with Gasteiger partial charge in [-0.05, 0) is 36.8 Å². The zero-order valence-electron chi connectivity index (χ0n) is 12.0. The van der Waals surface area contributed by atoms with E-state index in [1.165, 1.54) is 0 Å². The van der Waals surface area contributed by atoms with Crippen molar-refractivity contribution < 1.29 is 9.53 Å². The number of carbonyl (C=O) groups is 1. The summed E-state index contributed by atoms with van der Waals surface area (Å²) in [6.45, 7) is 1.78. The third-order valence-corrected chi connectivity index (χ3v) is 3.64. The molecule has 0 heterocycles. The molecule has 0 aromatic heterocycles. The lowest BCUT2D eigenvalue weighted by Gasteiger charge is -2.15. The third-order valence-electron chi connectivity index (χ3n) is 3.11. The molecule has 4 nitrogen and oxygen atoms in total. The Labute approximate surface area is 137 Å². The van der Waals surface area contributed by atoms with Gasteiger partial charge in [-0.2, -0.15) is 5.26 Å². The number of ether oxygens (including phenoxy) is 1. The SMILES string of the molecule is C[C@H](NC(=O)COc1ccccc1C#N)c1ccc(Br)cc1. The van der Waals surface area contributed by atoms with E-state index in [1.807, 2.05) is 37.3 Å². The molecule has 0 saturated heterocycles. The Morgan fingerprint density at radius 3 is 2.64 bits per heavy atom. The molecule has 0 aliphatic heterocycles. The van der Waals surface area contributed by atoms with Crippen LogP contribution in [0.3, 0.4) is 0 Å². The van der Waals surface area contributed by atoms with Crippen LogP contribution in [0.4, 0.5) is 0 Å². The largest absolute Gasteiger partial charge is 0.482 e. The molecule has 1 atom stereocenters. The Morgan fingerprint density at radius 1 is 1.27 bits per heavy atom. The van der Waals surface area contributed by atoms with Crippen LogP contribution >= 0.6 is 15.9 Å². The highest BCUT2D eigenvalue weighted by Gasteiger charge is 2.11. The van der Waals surface area contributed by atoms with Crippen molar-refractivity contribution in [2.45, 2.75) is 13.0 Å². The Hall–Kier alpha value is -2.32. The number of halogens is 1. The third kappa shape index (κ3) is 4.34. The number of benzene rings is 2. The second-order valence-electron chi connectivity index (χ2n) is 4.74. The van der Waals surface area contributed by atoms with E-state index in [-0.39, 0.29) is 18.6 Å². The molecule has 1 amide bonds. The van der Waals surface area contributed by atoms with Gasteiger partial charge in [-0.25, -0.2) is 0 Å². The molecule has 0 aliphatic carbocycles. The molecule has 112 valence electrons. The molecular weight excluding hydrogens is 344 g/mol. The maximum absolute atomic E-state index is 11.9. The Kier molecular flexibility index (Phi) is 5.56. The van der Waals surface area contributed by atoms with Gasteiger partial charge in [0.15, 0.2) is 6.61 Å². The lowest BCUT2D eigenvalue weighted by molar-refractivity contribution is -0.123. The first kappa shape index (κ1) is 16.1. The van der Waals surface area contributed by atoms with Gasteiger partial charge in [-0.3, -0.25) is 4.79 Å². The number of hydrogen-bond donors (Lipinski definition) is 1. The normalized spacial score (nSPS) is 11.3. The van der Waals surface area contributed by atoms with Crippen molar-refractivity contribution >= 4 is 21.8 Å². The molecule has 2 aromatic carbocycles. The average molecular weight is 359 g/mol. The molecule has 2 rings (SSSR count). The van der Waals surface area contributed by atoms with E-state index in [2.05, 4.69) is 21.2 Å². The number of amides is 1. The van der Waals surface area contributed by atoms with Crippen LogP contribution in [0, 0.1) is 11.3 Å². The second kappa shape index (κ2) is 7.62. The minimum absolute atomic E-state index is 0.115. The summed E-state index contributed by atoms with van der Waals surface area (Å²) in [6.07, 6.45) is 0. The van der Waals surface area contributed by atoms with Crippen molar-refractivity contribution in [1.29, 1.82) is 5.26 Å². The van der Waals surface area contributed by atoms with E-state index >= 15 is 0 Å². The number of nitrogens with one attached hydrogen (secondary N) is 1. The fraction of sp³-hybridized carbons (Fsp3) is 0.176. The highest BCUT2D eigenvalue weighted by molar-refractivity contribution is 9.10. The van der Waals surface area contributed by atoms with Crippen molar-refractivity contribution in [3.63, 3.8) is 0 Å². The van der Waals surface area contributed by atoms with Crippen LogP contribution in [0.2, 0.25) is 0 Å². The Bertz CT molecular complexity index is 693. The van der Waals surface area contributed by atoms with E-state index in [9.17, 15) is 4.79 Å². The highest BCUT2D eigenvalue weighted by Crippen LogP contribution is 2.18. The molecule has 22 heavy (non-hydrogen) atoms. The molecule has 0 spiro atoms. The highest BCUT2D eigenvalue weighted by atomic mass is 79.9. The van der Waals surface area contributed by atoms with Gasteiger partial charge in [0.05, 0.1) is 11.6 Å². The summed E-state index contributed by atoms with van der Waals surface area (Å²) in [7, 11) is 0. The minimum atomic E-state index is -0.233. The van der Waals surface area contributed by atoms with Gasteiger partial charge in [0.2, 0.25) is 0 Å². The first-order valence-corrected chi connectivity index (χ1v) is 7.56. The molecule has 0 unspecified atom stereocenters. The van der Waals surface area contributed by atoms with Crippen molar-refractivity contribution in [3.05, 3.63) is 64.1 Å². The van der Waals surface area contributed by atoms with Crippen LogP contribution in [0.1, 0.15) is 24.1 Å². The van der Waals surface area contributed by atoms with Crippen LogP contribution in [-0.4, -0.2) is 12.5 Å². The Balaban J connectivity index is 1.90. The van der Waals surface area contributed by atoms with Gasteiger partial charge in [0.25, 0.3) is 5.91 Å². The van der Waals surface area contributed by atoms with E-state index in [0.29, 0.717) is 11.3 Å². The molecular formula is C17H15BrN2O2. The molecule has 2 aromatic rings. The summed E-state index contributed by atoms with van der Waals surface area (Å²) in [5.41, 5.74) is 1.42. The van der Waals surface area contributed by atoms with Gasteiger partial charge < -0.3 is 10.1 Å². The van der Waals surface area contributed by atoms with E-state index < -0.39 is 0 Å². The molecule has 0 saturated carbocycles. The molecule has 1 N–H and O–H groups in total. The predicted octanol–water partition coefficient (Wildman–Crippen LogP) is 3.58. The van der Waals surface area contributed by atoms with Crippen LogP contribution < -0.4 is 10.1 Å². The summed E-state index contributed by atoms with van der Waals surface area (Å²) < 4.78 is 6.40. The summed E-state index contributed by atoms with van der Waals surface area (Å²) >= 11 is 3.38. The van der Waals surface area contributed by atoms with Crippen LogP contribution in [0.5, 0.6) is 5.75 Å². The molecule has 0 aliphatic rings. The van der Waals surface area contributed by atoms with Gasteiger partial charge in [-0.15, -0.1) is 0 Å². The Morgan fingerprint density at radius 2 is 1.95 bits per heavy atom. The van der Waals surface area contributed by atoms with Crippen molar-refractivity contribution in [1.82, 2.24) is 5.32 Å². The van der Waals surface area contributed by atoms with Crippen molar-refractivity contribution in [3.8, 4) is 11.8 Å². The van der Waals surface area contributed by atoms with Crippen LogP contribution in [-0.2, 0) is 4.79 Å². The van der Waals surface area contributed by atoms with Gasteiger partial charge in [0.1, 0.15) is 11.8 Å². The summed E-state index contributed by atoms with van der Waals surface area (Å²) in [5.74, 6) is 0.180. The smallest absolute Gasteiger partial charge is 0.258 e. The van der Waals surface area contributed by atoms with Gasteiger partial charge in [-0.1, -0.05) is 40.2 Å². The van der Waals surface area contributed by atoms with Crippen LogP contribution in [0.25, 0.3) is 0 Å². The number of nitriles is 1. The first-order chi connectivity index (χ1) is 10.6. The van der Waals surface area contributed by atoms with Crippen LogP contribution in [0.15, 0.2) is 53.0 Å². The van der Waals surface area contributed by atoms with E-state index in [4.69, 9.17) is 10.00 Å². The van der Waals surface area contributed by atoms with Gasteiger partial charge >= 0.3 is 0 Å². The maximum atomic E-state index is 11.9. The first-order valence-electron chi connectivity index (χ1n) is 6.77. The van der Waals surface area contributed by atoms with E-state index in [0.717, 1.165) is 10.0 Å². The number of para-hydroxylation sites is 1. The summed E-state index contributed by atoms with van der Waals surface area (Å²) in [6, 6.07) is 16.5. The minimum Gasteiger partial charge on any atom is -0.482 e. The molecule has 0 radical (unpaired) electrons. The second-order valence-corrected chi connectivity index (χ2v) is 5.65. The maximum Gasteiger partial charge on any atom is 0.258 e. The number of rotatable bonds is 5. The lowest BCUT2D eigenvalue weighted by Crippen LogP contribution is -2.31. The number of carbonyl (C=O) groups excluding carboxylic acids is 1. The number of nitrogens with zero attached hydrogens (tertiary/aromatic N) is 1. The van der Waals surface area contributed by atoms with Gasteiger partial charge in [0, 0.05) is 4.47 Å². The number of hydrogen-bond acceptors (Lipinski definition) is 3. The van der Waals surface area contributed by atoms with E-state index in [1.54, 1.807) is 24.3 Å². The molecule has 0 bridgehead atoms. The molecule has 0 fully saturated rings. The topological polar surface area (TPSA) is 62.1 Å². The standard InChI is InChI=1S/C17H15BrN2O2/c1-12(13-6-8-15(18)9-7-13)20-17(21)11-22-16-5-3-2-4-14(16)10-19/h2-9,12H,11H2,1H3,(H,20,21)/t12-/m0/s1. The molecule has 5 heteroatoms. The fourth-order valence-electron chi connectivity index (χ4n) is 1.95. The summed E-state index contributed by atoms with van der Waals surface area (Å²) in [4.78, 5) is 11.9. The van der Waals surface area contributed by atoms with Crippen molar-refractivity contribution in [2.75, 3.05) is 6.61 Å². The zero-order valence-corrected chi connectivity index (χ0v) is 13.6. The lowest BCUT2D eigenvalue weighted by atomic mass is 10.1. The fourth-order valence-corrected chi connectivity index (χ4v) is 2.21. The van der Waals surface area contributed by atoms with Crippen molar-refractivity contribution in [2.24, 2.45) is 0 Å². The predicted molar refractivity (Wildman–Crippen MR) is 87.4 cm³/mol. The summed E-state index contributed by atoms with van der Waals surface area (Å²) in [5, 5.41) is 11.8. The monoisotopic (exact) mass is 358 g/mol. The average Bonchev–Trinajstić information content (AvgIpc) is 2.53. The quantitative estimate of drug-likeness (QED) is 0.888.